The van der Waals surface area contributed by atoms with Gasteiger partial charge >= 0.3 is 6.09 Å². The first-order chi connectivity index (χ1) is 13.5. The first-order valence-electron chi connectivity index (χ1n) is 9.41. The minimum Gasteiger partial charge on any atom is -0.391 e. The highest BCUT2D eigenvalue weighted by molar-refractivity contribution is 5.70. The van der Waals surface area contributed by atoms with E-state index in [0.717, 1.165) is 18.5 Å². The third-order valence-electron chi connectivity index (χ3n) is 4.43. The van der Waals surface area contributed by atoms with E-state index in [0.29, 0.717) is 17.7 Å². The van der Waals surface area contributed by atoms with Gasteiger partial charge in [-0.3, -0.25) is 4.79 Å². The van der Waals surface area contributed by atoms with Crippen molar-refractivity contribution in [2.45, 2.75) is 26.2 Å². The van der Waals surface area contributed by atoms with Crippen LogP contribution in [0.15, 0.2) is 65.5 Å². The topological polar surface area (TPSA) is 56.5 Å². The second-order valence-electron chi connectivity index (χ2n) is 6.75. The van der Waals surface area contributed by atoms with Gasteiger partial charge in [0.05, 0.1) is 16.9 Å². The van der Waals surface area contributed by atoms with Crippen LogP contribution in [-0.4, -0.2) is 34.5 Å². The molecule has 0 atom stereocenters. The van der Waals surface area contributed by atoms with Gasteiger partial charge in [-0.1, -0.05) is 49.7 Å². The number of nitrogens with zero attached hydrogens (tertiary/aromatic N) is 3. The molecule has 0 aliphatic rings. The number of aromatic nitrogens is 2. The molecule has 0 radical (unpaired) electrons. The monoisotopic (exact) mass is 379 g/mol. The van der Waals surface area contributed by atoms with Gasteiger partial charge in [0, 0.05) is 14.1 Å². The molecule has 28 heavy (non-hydrogen) atoms. The molecule has 1 aromatic heterocycles. The van der Waals surface area contributed by atoms with Crippen LogP contribution in [0.1, 0.15) is 25.3 Å². The van der Waals surface area contributed by atoms with Gasteiger partial charge in [-0.2, -0.15) is 0 Å². The Balaban J connectivity index is 2.31. The highest BCUT2D eigenvalue weighted by atomic mass is 16.6. The number of hydrogen-bond acceptors (Lipinski definition) is 3. The molecular formula is C22H25N3O3. The van der Waals surface area contributed by atoms with E-state index in [1.54, 1.807) is 23.5 Å². The Morgan fingerprint density at radius 1 is 0.929 bits per heavy atom. The molecule has 2 aromatic carbocycles. The molecule has 6 nitrogen and oxygen atoms in total. The Morgan fingerprint density at radius 3 is 1.96 bits per heavy atom. The van der Waals surface area contributed by atoms with Crippen molar-refractivity contribution in [1.82, 2.24) is 14.3 Å². The number of ether oxygens (including phenoxy) is 1. The van der Waals surface area contributed by atoms with E-state index in [4.69, 9.17) is 4.74 Å². The van der Waals surface area contributed by atoms with Crippen LogP contribution in [0.25, 0.3) is 11.4 Å². The van der Waals surface area contributed by atoms with E-state index in [1.165, 1.54) is 4.90 Å². The van der Waals surface area contributed by atoms with Crippen LogP contribution < -0.4 is 10.3 Å². The molecule has 3 aromatic rings. The summed E-state index contributed by atoms with van der Waals surface area (Å²) in [5.74, 6) is 0.271. The van der Waals surface area contributed by atoms with Crippen molar-refractivity contribution in [1.29, 1.82) is 0 Å². The van der Waals surface area contributed by atoms with Gasteiger partial charge in [-0.05, 0) is 37.1 Å². The lowest BCUT2D eigenvalue weighted by Crippen LogP contribution is -2.27. The van der Waals surface area contributed by atoms with Gasteiger partial charge in [0.1, 0.15) is 0 Å². The maximum Gasteiger partial charge on any atom is 0.416 e. The third-order valence-corrected chi connectivity index (χ3v) is 4.43. The summed E-state index contributed by atoms with van der Waals surface area (Å²) in [6, 6.07) is 18.8. The van der Waals surface area contributed by atoms with E-state index in [2.05, 4.69) is 6.92 Å². The minimum absolute atomic E-state index is 0.176. The fraction of sp³-hybridized carbons (Fsp3) is 0.273. The van der Waals surface area contributed by atoms with Gasteiger partial charge in [0.2, 0.25) is 5.88 Å². The molecule has 0 saturated carbocycles. The Bertz CT molecular complexity index is 989. The van der Waals surface area contributed by atoms with Crippen LogP contribution in [-0.2, 0) is 6.42 Å². The number of hydrogen-bond donors (Lipinski definition) is 0. The summed E-state index contributed by atoms with van der Waals surface area (Å²) < 4.78 is 8.95. The van der Waals surface area contributed by atoms with Crippen molar-refractivity contribution in [2.24, 2.45) is 0 Å². The molecule has 3 rings (SSSR count). The second-order valence-corrected chi connectivity index (χ2v) is 6.75. The molecule has 0 spiro atoms. The molecule has 146 valence electrons. The van der Waals surface area contributed by atoms with E-state index >= 15 is 0 Å². The minimum atomic E-state index is -0.521. The van der Waals surface area contributed by atoms with Crippen LogP contribution in [0, 0.1) is 0 Å². The van der Waals surface area contributed by atoms with Crippen LogP contribution in [0.4, 0.5) is 4.79 Å². The molecule has 1 amide bonds. The average Bonchev–Trinajstić information content (AvgIpc) is 2.98. The molecule has 1 heterocycles. The summed E-state index contributed by atoms with van der Waals surface area (Å²) in [6.07, 6.45) is 1.78. The fourth-order valence-electron chi connectivity index (χ4n) is 2.98. The van der Waals surface area contributed by atoms with E-state index in [-0.39, 0.29) is 11.4 Å². The molecule has 0 saturated heterocycles. The van der Waals surface area contributed by atoms with Gasteiger partial charge in [-0.15, -0.1) is 0 Å². The lowest BCUT2D eigenvalue weighted by molar-refractivity contribution is 0.168. The molecular weight excluding hydrogens is 354 g/mol. The largest absolute Gasteiger partial charge is 0.416 e. The second kappa shape index (κ2) is 8.61. The van der Waals surface area contributed by atoms with Crippen LogP contribution in [0.5, 0.6) is 5.88 Å². The first kappa shape index (κ1) is 19.5. The Morgan fingerprint density at radius 2 is 1.46 bits per heavy atom. The Kier molecular flexibility index (Phi) is 5.99. The molecule has 0 N–H and O–H groups in total. The highest BCUT2D eigenvalue weighted by Crippen LogP contribution is 2.26. The van der Waals surface area contributed by atoms with Crippen LogP contribution in [0.2, 0.25) is 0 Å². The number of carbonyl (C=O) groups excluding carboxylic acids is 1. The smallest absolute Gasteiger partial charge is 0.391 e. The number of amides is 1. The predicted octanol–water partition coefficient (Wildman–Crippen LogP) is 4.03. The normalized spacial score (nSPS) is 10.7. The standard InChI is InChI=1S/C22H25N3O3/c1-4-5-16-19-20(26)24(17-12-8-6-9-13-17)25(18-14-10-7-11-15-18)21(19)28-22(27)23(2)3/h6-15H,4-5,16H2,1-3H3. The summed E-state index contributed by atoms with van der Waals surface area (Å²) in [7, 11) is 3.24. The quantitative estimate of drug-likeness (QED) is 0.650. The molecule has 0 bridgehead atoms. The van der Waals surface area contributed by atoms with E-state index in [1.807, 2.05) is 60.7 Å². The van der Waals surface area contributed by atoms with Crippen molar-refractivity contribution in [3.63, 3.8) is 0 Å². The number of para-hydroxylation sites is 2. The summed E-state index contributed by atoms with van der Waals surface area (Å²) >= 11 is 0. The maximum atomic E-state index is 13.4. The number of benzene rings is 2. The third kappa shape index (κ3) is 3.86. The van der Waals surface area contributed by atoms with Crippen LogP contribution >= 0.6 is 0 Å². The number of carbonyl (C=O) groups is 1. The first-order valence-corrected chi connectivity index (χ1v) is 9.41. The molecule has 6 heteroatoms. The maximum absolute atomic E-state index is 13.4. The lowest BCUT2D eigenvalue weighted by atomic mass is 10.1. The van der Waals surface area contributed by atoms with Crippen molar-refractivity contribution >= 4 is 6.09 Å². The number of unbranched alkanes of at least 4 members (excludes halogenated alkanes) is 1. The van der Waals surface area contributed by atoms with E-state index in [9.17, 15) is 9.59 Å². The predicted molar refractivity (Wildman–Crippen MR) is 110 cm³/mol. The summed E-state index contributed by atoms with van der Waals surface area (Å²) in [4.78, 5) is 27.1. The molecule has 0 fully saturated rings. The summed E-state index contributed by atoms with van der Waals surface area (Å²) in [6.45, 7) is 2.06. The molecule has 0 aliphatic heterocycles. The Labute approximate surface area is 164 Å². The van der Waals surface area contributed by atoms with Gasteiger partial charge in [0.25, 0.3) is 5.56 Å². The summed E-state index contributed by atoms with van der Waals surface area (Å²) in [5, 5.41) is 0. The zero-order chi connectivity index (χ0) is 20.1. The fourth-order valence-corrected chi connectivity index (χ4v) is 2.98. The highest BCUT2D eigenvalue weighted by Gasteiger charge is 2.25. The zero-order valence-electron chi connectivity index (χ0n) is 16.5. The molecule has 0 aliphatic carbocycles. The van der Waals surface area contributed by atoms with Crippen LogP contribution in [0.3, 0.4) is 0 Å². The van der Waals surface area contributed by atoms with Gasteiger partial charge in [-0.25, -0.2) is 14.2 Å². The van der Waals surface area contributed by atoms with Crippen molar-refractivity contribution < 1.29 is 9.53 Å². The average molecular weight is 379 g/mol. The van der Waals surface area contributed by atoms with E-state index < -0.39 is 6.09 Å². The zero-order valence-corrected chi connectivity index (χ0v) is 16.5. The SMILES string of the molecule is CCCCc1c(OC(=O)N(C)C)n(-c2ccccc2)n(-c2ccccc2)c1=O. The van der Waals surface area contributed by atoms with Crippen molar-refractivity contribution in [3.05, 3.63) is 76.6 Å². The van der Waals surface area contributed by atoms with Crippen molar-refractivity contribution in [3.8, 4) is 17.3 Å². The van der Waals surface area contributed by atoms with Crippen molar-refractivity contribution in [2.75, 3.05) is 14.1 Å². The number of rotatable bonds is 6. The van der Waals surface area contributed by atoms with Gasteiger partial charge < -0.3 is 9.64 Å². The molecule has 0 unspecified atom stereocenters. The Hall–Kier alpha value is -3.28. The lowest BCUT2D eigenvalue weighted by Gasteiger charge is -2.16. The van der Waals surface area contributed by atoms with Gasteiger partial charge in [0.15, 0.2) is 0 Å². The summed E-state index contributed by atoms with van der Waals surface area (Å²) in [5.41, 5.74) is 1.78.